The lowest BCUT2D eigenvalue weighted by Gasteiger charge is -2.21. The molecule has 0 unspecified atom stereocenters. The van der Waals surface area contributed by atoms with Gasteiger partial charge in [0, 0.05) is 11.4 Å². The Morgan fingerprint density at radius 1 is 1.03 bits per heavy atom. The summed E-state index contributed by atoms with van der Waals surface area (Å²) < 4.78 is 33.7. The first kappa shape index (κ1) is 20.1. The molecule has 0 amide bonds. The van der Waals surface area contributed by atoms with Crippen LogP contribution in [0.2, 0.25) is 0 Å². The van der Waals surface area contributed by atoms with Crippen LogP contribution in [0.1, 0.15) is 34.7 Å². The number of ether oxygens (including phenoxy) is 1. The molecule has 2 aromatic carbocycles. The van der Waals surface area contributed by atoms with Gasteiger partial charge in [0.05, 0.1) is 17.1 Å². The third kappa shape index (κ3) is 4.86. The second-order valence-corrected chi connectivity index (χ2v) is 10.3. The number of hydrogen-bond donors (Lipinski definition) is 0. The Bertz CT molecular complexity index is 1070. The van der Waals surface area contributed by atoms with Gasteiger partial charge in [-0.05, 0) is 51.0 Å². The Morgan fingerprint density at radius 2 is 1.66 bits per heavy atom. The average Bonchev–Trinajstić information content (AvgIpc) is 3.44. The standard InChI is InChI=1S/C22H24N2O3S2/c1-16-3-9-20(10-4-16)27-14-22-23-18(15-28-22)13-24(19-7-8-19)29(25,26)21-11-5-17(2)6-12-21/h3-6,9-12,15,19H,7-8,13-14H2,1-2H3. The number of hydrogen-bond acceptors (Lipinski definition) is 5. The van der Waals surface area contributed by atoms with Gasteiger partial charge < -0.3 is 4.74 Å². The van der Waals surface area contributed by atoms with Crippen LogP contribution in [-0.2, 0) is 23.2 Å². The lowest BCUT2D eigenvalue weighted by molar-refractivity contribution is 0.304. The third-order valence-electron chi connectivity index (χ3n) is 4.88. The maximum atomic E-state index is 13.2. The molecule has 0 aliphatic heterocycles. The van der Waals surface area contributed by atoms with E-state index in [0.29, 0.717) is 18.0 Å². The zero-order valence-electron chi connectivity index (χ0n) is 16.5. The summed E-state index contributed by atoms with van der Waals surface area (Å²) in [5.41, 5.74) is 2.99. The van der Waals surface area contributed by atoms with Crippen LogP contribution in [0, 0.1) is 13.8 Å². The number of benzene rings is 2. The van der Waals surface area contributed by atoms with Gasteiger partial charge in [-0.25, -0.2) is 13.4 Å². The van der Waals surface area contributed by atoms with E-state index in [1.807, 2.05) is 55.6 Å². The maximum absolute atomic E-state index is 13.2. The molecule has 1 fully saturated rings. The van der Waals surface area contributed by atoms with Crippen molar-refractivity contribution < 1.29 is 13.2 Å². The fourth-order valence-corrected chi connectivity index (χ4v) is 5.40. The van der Waals surface area contributed by atoms with E-state index in [9.17, 15) is 8.42 Å². The Kier molecular flexibility index (Phi) is 5.72. The highest BCUT2D eigenvalue weighted by molar-refractivity contribution is 7.89. The van der Waals surface area contributed by atoms with Gasteiger partial charge in [-0.15, -0.1) is 11.3 Å². The van der Waals surface area contributed by atoms with Gasteiger partial charge in [0.15, 0.2) is 0 Å². The van der Waals surface area contributed by atoms with E-state index < -0.39 is 10.0 Å². The van der Waals surface area contributed by atoms with Crippen LogP contribution in [-0.4, -0.2) is 23.7 Å². The van der Waals surface area contributed by atoms with E-state index in [1.54, 1.807) is 16.4 Å². The average molecular weight is 429 g/mol. The number of aryl methyl sites for hydroxylation is 2. The summed E-state index contributed by atoms with van der Waals surface area (Å²) in [5, 5.41) is 2.76. The van der Waals surface area contributed by atoms with Crippen molar-refractivity contribution in [1.29, 1.82) is 0 Å². The number of aromatic nitrogens is 1. The summed E-state index contributed by atoms with van der Waals surface area (Å²) >= 11 is 1.50. The van der Waals surface area contributed by atoms with Crippen molar-refractivity contribution in [2.24, 2.45) is 0 Å². The fraction of sp³-hybridized carbons (Fsp3) is 0.318. The first-order valence-corrected chi connectivity index (χ1v) is 11.9. The molecule has 0 atom stereocenters. The number of thiazole rings is 1. The van der Waals surface area contributed by atoms with Gasteiger partial charge in [0.1, 0.15) is 17.4 Å². The molecule has 0 spiro atoms. The molecule has 1 saturated carbocycles. The maximum Gasteiger partial charge on any atom is 0.243 e. The largest absolute Gasteiger partial charge is 0.486 e. The second kappa shape index (κ2) is 8.26. The van der Waals surface area contributed by atoms with Crippen molar-refractivity contribution in [2.75, 3.05) is 0 Å². The Morgan fingerprint density at radius 3 is 2.28 bits per heavy atom. The summed E-state index contributed by atoms with van der Waals surface area (Å²) in [6.07, 6.45) is 1.80. The molecule has 0 N–H and O–H groups in total. The molecule has 0 radical (unpaired) electrons. The van der Waals surface area contributed by atoms with Crippen LogP contribution in [0.25, 0.3) is 0 Å². The highest BCUT2D eigenvalue weighted by Gasteiger charge is 2.38. The minimum atomic E-state index is -3.54. The molecule has 0 bridgehead atoms. The highest BCUT2D eigenvalue weighted by atomic mass is 32.2. The molecule has 152 valence electrons. The molecule has 29 heavy (non-hydrogen) atoms. The van der Waals surface area contributed by atoms with Crippen molar-refractivity contribution in [3.8, 4) is 5.75 Å². The van der Waals surface area contributed by atoms with Crippen molar-refractivity contribution in [3.05, 3.63) is 75.7 Å². The second-order valence-electron chi connectivity index (χ2n) is 7.43. The summed E-state index contributed by atoms with van der Waals surface area (Å²) in [6, 6.07) is 15.0. The lowest BCUT2D eigenvalue weighted by Crippen LogP contribution is -2.32. The Hall–Kier alpha value is -2.22. The van der Waals surface area contributed by atoms with E-state index in [2.05, 4.69) is 4.98 Å². The van der Waals surface area contributed by atoms with Gasteiger partial charge >= 0.3 is 0 Å². The minimum absolute atomic E-state index is 0.0651. The molecular formula is C22H24N2O3S2. The van der Waals surface area contributed by atoms with Gasteiger partial charge in [-0.3, -0.25) is 0 Å². The van der Waals surface area contributed by atoms with Crippen LogP contribution < -0.4 is 4.74 Å². The SMILES string of the molecule is Cc1ccc(OCc2nc(CN(C3CC3)S(=O)(=O)c3ccc(C)cc3)cs2)cc1. The molecule has 1 aliphatic rings. The number of rotatable bonds is 8. The zero-order valence-corrected chi connectivity index (χ0v) is 18.2. The number of sulfonamides is 1. The van der Waals surface area contributed by atoms with Gasteiger partial charge in [-0.2, -0.15) is 4.31 Å². The molecule has 1 aromatic heterocycles. The smallest absolute Gasteiger partial charge is 0.243 e. The summed E-state index contributed by atoms with van der Waals surface area (Å²) in [6.45, 7) is 4.65. The molecule has 0 saturated heterocycles. The first-order chi connectivity index (χ1) is 13.9. The quantitative estimate of drug-likeness (QED) is 0.522. The zero-order chi connectivity index (χ0) is 20.4. The predicted molar refractivity (Wildman–Crippen MR) is 115 cm³/mol. The first-order valence-electron chi connectivity index (χ1n) is 9.63. The van der Waals surface area contributed by atoms with Crippen LogP contribution in [0.5, 0.6) is 5.75 Å². The third-order valence-corrected chi connectivity index (χ3v) is 7.67. The van der Waals surface area contributed by atoms with E-state index in [4.69, 9.17) is 4.74 Å². The van der Waals surface area contributed by atoms with Crippen molar-refractivity contribution >= 4 is 21.4 Å². The van der Waals surface area contributed by atoms with Gasteiger partial charge in [0.2, 0.25) is 10.0 Å². The van der Waals surface area contributed by atoms with Crippen LogP contribution in [0.3, 0.4) is 0 Å². The summed E-state index contributed by atoms with van der Waals surface area (Å²) in [4.78, 5) is 4.94. The predicted octanol–water partition coefficient (Wildman–Crippen LogP) is 4.69. The Labute approximate surface area is 176 Å². The summed E-state index contributed by atoms with van der Waals surface area (Å²) in [7, 11) is -3.54. The topological polar surface area (TPSA) is 59.5 Å². The van der Waals surface area contributed by atoms with Crippen molar-refractivity contribution in [2.45, 2.75) is 50.8 Å². The molecule has 1 aliphatic carbocycles. The van der Waals surface area contributed by atoms with Crippen molar-refractivity contribution in [3.63, 3.8) is 0 Å². The highest BCUT2D eigenvalue weighted by Crippen LogP contribution is 2.33. The minimum Gasteiger partial charge on any atom is -0.486 e. The van der Waals surface area contributed by atoms with Gasteiger partial charge in [0.25, 0.3) is 0 Å². The number of nitrogens with zero attached hydrogens (tertiary/aromatic N) is 2. The lowest BCUT2D eigenvalue weighted by atomic mass is 10.2. The normalized spacial score (nSPS) is 14.3. The summed E-state index contributed by atoms with van der Waals surface area (Å²) in [5.74, 6) is 0.800. The molecule has 4 rings (SSSR count). The molecular weight excluding hydrogens is 404 g/mol. The molecule has 3 aromatic rings. The molecule has 7 heteroatoms. The van der Waals surface area contributed by atoms with Gasteiger partial charge in [-0.1, -0.05) is 35.4 Å². The van der Waals surface area contributed by atoms with E-state index in [1.165, 1.54) is 16.9 Å². The van der Waals surface area contributed by atoms with Crippen LogP contribution >= 0.6 is 11.3 Å². The molecule has 1 heterocycles. The van der Waals surface area contributed by atoms with Crippen LogP contribution in [0.4, 0.5) is 0 Å². The van der Waals surface area contributed by atoms with E-state index >= 15 is 0 Å². The monoisotopic (exact) mass is 428 g/mol. The fourth-order valence-electron chi connectivity index (χ4n) is 3.05. The van der Waals surface area contributed by atoms with E-state index in [0.717, 1.165) is 34.9 Å². The molecule has 5 nitrogen and oxygen atoms in total. The van der Waals surface area contributed by atoms with E-state index in [-0.39, 0.29) is 6.04 Å². The van der Waals surface area contributed by atoms with Crippen LogP contribution in [0.15, 0.2) is 58.8 Å². The Balaban J connectivity index is 1.45. The van der Waals surface area contributed by atoms with Crippen molar-refractivity contribution in [1.82, 2.24) is 9.29 Å².